The van der Waals surface area contributed by atoms with E-state index >= 15 is 0 Å². The van der Waals surface area contributed by atoms with Crippen LogP contribution in [0.15, 0.2) is 23.4 Å². The van der Waals surface area contributed by atoms with Crippen molar-refractivity contribution < 1.29 is 13.5 Å². The molecule has 1 heterocycles. The molecule has 1 aliphatic rings. The summed E-state index contributed by atoms with van der Waals surface area (Å²) in [5, 5.41) is 9.70. The van der Waals surface area contributed by atoms with Crippen LogP contribution in [0.5, 0.6) is 0 Å². The van der Waals surface area contributed by atoms with Crippen LogP contribution in [0, 0.1) is 0 Å². The lowest BCUT2D eigenvalue weighted by Gasteiger charge is -2.27. The third kappa shape index (κ3) is 2.45. The van der Waals surface area contributed by atoms with Gasteiger partial charge in [-0.15, -0.1) is 0 Å². The SMILES string of the molecule is O=S(=O)(NC1CCCCC1O)c1cc[nH]c1. The molecule has 2 atom stereocenters. The summed E-state index contributed by atoms with van der Waals surface area (Å²) in [5.41, 5.74) is 0. The second-order valence-corrected chi connectivity index (χ2v) is 5.84. The molecule has 0 radical (unpaired) electrons. The van der Waals surface area contributed by atoms with Crippen LogP contribution in [0.4, 0.5) is 0 Å². The van der Waals surface area contributed by atoms with Gasteiger partial charge in [0, 0.05) is 18.4 Å². The summed E-state index contributed by atoms with van der Waals surface area (Å²) in [5.74, 6) is 0. The predicted octanol–water partition coefficient (Wildman–Crippen LogP) is 0.596. The van der Waals surface area contributed by atoms with Crippen molar-refractivity contribution in [3.05, 3.63) is 18.5 Å². The fourth-order valence-corrected chi connectivity index (χ4v) is 3.27. The first-order valence-electron chi connectivity index (χ1n) is 5.43. The number of nitrogens with one attached hydrogen (secondary N) is 2. The van der Waals surface area contributed by atoms with Crippen LogP contribution < -0.4 is 4.72 Å². The van der Waals surface area contributed by atoms with Gasteiger partial charge in [-0.1, -0.05) is 12.8 Å². The molecule has 0 aliphatic heterocycles. The Bertz CT molecular complexity index is 427. The summed E-state index contributed by atoms with van der Waals surface area (Å²) in [7, 11) is -3.49. The topological polar surface area (TPSA) is 82.2 Å². The van der Waals surface area contributed by atoms with Gasteiger partial charge in [0.1, 0.15) is 0 Å². The number of aliphatic hydroxyl groups is 1. The van der Waals surface area contributed by atoms with Gasteiger partial charge in [0.05, 0.1) is 11.0 Å². The Labute approximate surface area is 94.9 Å². The molecule has 16 heavy (non-hydrogen) atoms. The van der Waals surface area contributed by atoms with Gasteiger partial charge in [-0.2, -0.15) is 0 Å². The minimum atomic E-state index is -3.49. The maximum atomic E-state index is 11.9. The smallest absolute Gasteiger partial charge is 0.242 e. The number of aromatic nitrogens is 1. The first-order valence-corrected chi connectivity index (χ1v) is 6.91. The second-order valence-electron chi connectivity index (χ2n) is 4.13. The molecule has 0 saturated heterocycles. The summed E-state index contributed by atoms with van der Waals surface area (Å²) in [6.45, 7) is 0. The average Bonchev–Trinajstić information content (AvgIpc) is 2.75. The Balaban J connectivity index is 2.09. The van der Waals surface area contributed by atoms with Gasteiger partial charge < -0.3 is 10.1 Å². The fourth-order valence-electron chi connectivity index (χ4n) is 1.99. The van der Waals surface area contributed by atoms with E-state index in [0.29, 0.717) is 12.8 Å². The maximum absolute atomic E-state index is 11.9. The number of sulfonamides is 1. The Hall–Kier alpha value is -0.850. The monoisotopic (exact) mass is 244 g/mol. The van der Waals surface area contributed by atoms with Crippen molar-refractivity contribution in [1.82, 2.24) is 9.71 Å². The molecule has 1 aliphatic carbocycles. The molecule has 0 aromatic carbocycles. The van der Waals surface area contributed by atoms with Crippen LogP contribution >= 0.6 is 0 Å². The van der Waals surface area contributed by atoms with E-state index in [0.717, 1.165) is 12.8 Å². The highest BCUT2D eigenvalue weighted by Crippen LogP contribution is 2.20. The Morgan fingerprint density at radius 3 is 2.75 bits per heavy atom. The lowest BCUT2D eigenvalue weighted by molar-refractivity contribution is 0.101. The van der Waals surface area contributed by atoms with Gasteiger partial charge in [-0.25, -0.2) is 13.1 Å². The molecule has 2 rings (SSSR count). The Morgan fingerprint density at radius 1 is 1.38 bits per heavy atom. The van der Waals surface area contributed by atoms with E-state index in [2.05, 4.69) is 9.71 Å². The summed E-state index contributed by atoms with van der Waals surface area (Å²) >= 11 is 0. The van der Waals surface area contributed by atoms with E-state index in [4.69, 9.17) is 0 Å². The van der Waals surface area contributed by atoms with Crippen LogP contribution in [-0.2, 0) is 10.0 Å². The molecule has 2 unspecified atom stereocenters. The highest BCUT2D eigenvalue weighted by atomic mass is 32.2. The quantitative estimate of drug-likeness (QED) is 0.728. The van der Waals surface area contributed by atoms with Gasteiger partial charge in [-0.05, 0) is 18.9 Å². The Kier molecular flexibility index (Phi) is 3.32. The summed E-state index contributed by atoms with van der Waals surface area (Å²) in [4.78, 5) is 2.92. The molecule has 3 N–H and O–H groups in total. The molecule has 90 valence electrons. The predicted molar refractivity (Wildman–Crippen MR) is 59.4 cm³/mol. The summed E-state index contributed by atoms with van der Waals surface area (Å²) in [6.07, 6.45) is 5.71. The van der Waals surface area contributed by atoms with Crippen molar-refractivity contribution >= 4 is 10.0 Å². The molecule has 1 saturated carbocycles. The highest BCUT2D eigenvalue weighted by Gasteiger charge is 2.28. The van der Waals surface area contributed by atoms with Crippen molar-refractivity contribution in [2.24, 2.45) is 0 Å². The molecular formula is C10H16N2O3S. The summed E-state index contributed by atoms with van der Waals surface area (Å²) in [6, 6.07) is 1.14. The zero-order valence-electron chi connectivity index (χ0n) is 8.89. The van der Waals surface area contributed by atoms with E-state index in [-0.39, 0.29) is 10.9 Å². The lowest BCUT2D eigenvalue weighted by atomic mass is 9.93. The number of hydrogen-bond donors (Lipinski definition) is 3. The molecular weight excluding hydrogens is 228 g/mol. The number of hydrogen-bond acceptors (Lipinski definition) is 3. The van der Waals surface area contributed by atoms with Crippen molar-refractivity contribution in [3.8, 4) is 0 Å². The van der Waals surface area contributed by atoms with Crippen molar-refractivity contribution in [2.75, 3.05) is 0 Å². The average molecular weight is 244 g/mol. The number of aromatic amines is 1. The molecule has 0 amide bonds. The van der Waals surface area contributed by atoms with Gasteiger partial charge in [0.25, 0.3) is 0 Å². The van der Waals surface area contributed by atoms with Gasteiger partial charge in [-0.3, -0.25) is 0 Å². The summed E-state index contributed by atoms with van der Waals surface area (Å²) < 4.78 is 26.3. The van der Waals surface area contributed by atoms with Crippen molar-refractivity contribution in [3.63, 3.8) is 0 Å². The van der Waals surface area contributed by atoms with Crippen LogP contribution in [0.25, 0.3) is 0 Å². The minimum absolute atomic E-state index is 0.213. The van der Waals surface area contributed by atoms with Crippen molar-refractivity contribution in [1.29, 1.82) is 0 Å². The normalized spacial score (nSPS) is 26.8. The fraction of sp³-hybridized carbons (Fsp3) is 0.600. The zero-order valence-corrected chi connectivity index (χ0v) is 9.70. The number of aliphatic hydroxyl groups excluding tert-OH is 1. The third-order valence-electron chi connectivity index (χ3n) is 2.92. The Morgan fingerprint density at radius 2 is 2.12 bits per heavy atom. The van der Waals surface area contributed by atoms with Crippen molar-refractivity contribution in [2.45, 2.75) is 42.7 Å². The van der Waals surface area contributed by atoms with Crippen LogP contribution in [0.1, 0.15) is 25.7 Å². The van der Waals surface area contributed by atoms with Crippen LogP contribution in [0.3, 0.4) is 0 Å². The number of rotatable bonds is 3. The molecule has 5 nitrogen and oxygen atoms in total. The third-order valence-corrected chi connectivity index (χ3v) is 4.40. The van der Waals surface area contributed by atoms with Crippen LogP contribution in [0.2, 0.25) is 0 Å². The molecule has 0 spiro atoms. The largest absolute Gasteiger partial charge is 0.391 e. The number of H-pyrrole nitrogens is 1. The van der Waals surface area contributed by atoms with Gasteiger partial charge in [0.2, 0.25) is 10.0 Å². The highest BCUT2D eigenvalue weighted by molar-refractivity contribution is 7.89. The van der Waals surface area contributed by atoms with E-state index in [1.807, 2.05) is 0 Å². The molecule has 1 aromatic heterocycles. The molecule has 1 aromatic rings. The van der Waals surface area contributed by atoms with E-state index in [1.165, 1.54) is 12.3 Å². The van der Waals surface area contributed by atoms with Gasteiger partial charge >= 0.3 is 0 Å². The van der Waals surface area contributed by atoms with E-state index in [1.54, 1.807) is 6.20 Å². The van der Waals surface area contributed by atoms with E-state index in [9.17, 15) is 13.5 Å². The molecule has 1 fully saturated rings. The van der Waals surface area contributed by atoms with Crippen LogP contribution in [-0.4, -0.2) is 30.7 Å². The van der Waals surface area contributed by atoms with E-state index < -0.39 is 16.1 Å². The lowest BCUT2D eigenvalue weighted by Crippen LogP contribution is -2.44. The standard InChI is InChI=1S/C10H16N2O3S/c13-10-4-2-1-3-9(10)12-16(14,15)8-5-6-11-7-8/h5-7,9-13H,1-4H2. The maximum Gasteiger partial charge on any atom is 0.242 e. The first-order chi connectivity index (χ1) is 7.59. The minimum Gasteiger partial charge on any atom is -0.391 e. The molecule has 0 bridgehead atoms. The molecule has 6 heteroatoms. The first kappa shape index (κ1) is 11.6. The zero-order chi connectivity index (χ0) is 11.6. The second kappa shape index (κ2) is 4.57. The van der Waals surface area contributed by atoms with Gasteiger partial charge in [0.15, 0.2) is 0 Å².